The highest BCUT2D eigenvalue weighted by molar-refractivity contribution is 9.10. The fourth-order valence-corrected chi connectivity index (χ4v) is 6.52. The zero-order chi connectivity index (χ0) is 22.3. The Morgan fingerprint density at radius 3 is 2.66 bits per heavy atom. The first-order chi connectivity index (χ1) is 15.5. The van der Waals surface area contributed by atoms with Crippen LogP contribution < -0.4 is 0 Å². The van der Waals surface area contributed by atoms with E-state index in [1.54, 1.807) is 30.5 Å². The van der Waals surface area contributed by atoms with Gasteiger partial charge in [0.1, 0.15) is 6.10 Å². The fourth-order valence-electron chi connectivity index (χ4n) is 5.17. The average molecular weight is 513 g/mol. The highest BCUT2D eigenvalue weighted by atomic mass is 79.9. The first kappa shape index (κ1) is 21.8. The molecule has 5 atom stereocenters. The molecular formula is C25H25BrN2O3S. The number of benzene rings is 2. The van der Waals surface area contributed by atoms with E-state index in [-0.39, 0.29) is 10.9 Å². The van der Waals surface area contributed by atoms with Gasteiger partial charge in [0.05, 0.1) is 10.4 Å². The summed E-state index contributed by atoms with van der Waals surface area (Å²) in [7, 11) is -3.97. The van der Waals surface area contributed by atoms with Crippen LogP contribution in [0.15, 0.2) is 82.8 Å². The van der Waals surface area contributed by atoms with Crippen LogP contribution in [0.2, 0.25) is 0 Å². The van der Waals surface area contributed by atoms with E-state index in [9.17, 15) is 8.42 Å². The zero-order valence-electron chi connectivity index (χ0n) is 17.6. The molecule has 7 heteroatoms. The summed E-state index contributed by atoms with van der Waals surface area (Å²) in [4.78, 5) is 7.00. The maximum absolute atomic E-state index is 13.3. The largest absolute Gasteiger partial charge is 0.297 e. The van der Waals surface area contributed by atoms with Gasteiger partial charge < -0.3 is 0 Å². The number of fused-ring (bicyclic) bond motifs is 4. The summed E-state index contributed by atoms with van der Waals surface area (Å²) in [6.45, 7) is 5.85. The molecule has 0 spiro atoms. The average Bonchev–Trinajstić information content (AvgIpc) is 2.82. The molecule has 3 aliphatic heterocycles. The van der Waals surface area contributed by atoms with Crippen molar-refractivity contribution in [1.82, 2.24) is 9.88 Å². The molecule has 5 unspecified atom stereocenters. The van der Waals surface area contributed by atoms with Crippen LogP contribution in [0.4, 0.5) is 0 Å². The lowest BCUT2D eigenvalue weighted by molar-refractivity contribution is -0.0338. The SMILES string of the molecule is C=CC1CN2CCC1CC2C(OS(=O)(=O)c1ccc(Br)cc1)c1ccnc2ccccc12. The van der Waals surface area contributed by atoms with Gasteiger partial charge in [0, 0.05) is 28.6 Å². The lowest BCUT2D eigenvalue weighted by atomic mass is 9.73. The van der Waals surface area contributed by atoms with Crippen molar-refractivity contribution in [3.8, 4) is 0 Å². The van der Waals surface area contributed by atoms with Crippen LogP contribution in [0.25, 0.3) is 10.9 Å². The molecule has 6 rings (SSSR count). The predicted octanol–water partition coefficient (Wildman–Crippen LogP) is 5.34. The standard InChI is InChI=1S/C25H25BrN2O3S/c1-2-17-16-28-14-12-18(17)15-24(28)25(22-11-13-27-23-6-4-3-5-21(22)23)31-32(29,30)20-9-7-19(26)8-10-20/h2-11,13,17-18,24-25H,1,12,14-16H2. The number of piperidine rings is 3. The van der Waals surface area contributed by atoms with Crippen LogP contribution in [0, 0.1) is 11.8 Å². The second-order valence-corrected chi connectivity index (χ2v) is 11.1. The number of pyridine rings is 1. The van der Waals surface area contributed by atoms with Crippen LogP contribution >= 0.6 is 15.9 Å². The lowest BCUT2D eigenvalue weighted by Gasteiger charge is -2.51. The highest BCUT2D eigenvalue weighted by Crippen LogP contribution is 2.44. The molecule has 3 fully saturated rings. The first-order valence-electron chi connectivity index (χ1n) is 10.9. The summed E-state index contributed by atoms with van der Waals surface area (Å²) in [5.74, 6) is 0.940. The van der Waals surface area contributed by atoms with E-state index in [1.807, 2.05) is 36.4 Å². The van der Waals surface area contributed by atoms with Gasteiger partial charge in [-0.2, -0.15) is 8.42 Å². The van der Waals surface area contributed by atoms with Crippen LogP contribution in [-0.4, -0.2) is 37.4 Å². The van der Waals surface area contributed by atoms with Gasteiger partial charge in [-0.15, -0.1) is 6.58 Å². The molecule has 0 radical (unpaired) electrons. The Hall–Kier alpha value is -2.06. The van der Waals surface area contributed by atoms with Gasteiger partial charge in [-0.05, 0) is 73.2 Å². The Morgan fingerprint density at radius 1 is 1.16 bits per heavy atom. The van der Waals surface area contributed by atoms with Gasteiger partial charge in [-0.1, -0.05) is 40.2 Å². The van der Waals surface area contributed by atoms with Crippen molar-refractivity contribution >= 4 is 37.0 Å². The molecular weight excluding hydrogens is 488 g/mol. The molecule has 3 saturated heterocycles. The van der Waals surface area contributed by atoms with Crippen molar-refractivity contribution in [3.63, 3.8) is 0 Å². The summed E-state index contributed by atoms with van der Waals surface area (Å²) >= 11 is 3.37. The van der Waals surface area contributed by atoms with Gasteiger partial charge >= 0.3 is 0 Å². The molecule has 5 nitrogen and oxygen atoms in total. The molecule has 3 aliphatic rings. The topological polar surface area (TPSA) is 59.5 Å². The molecule has 2 aromatic carbocycles. The van der Waals surface area contributed by atoms with Crippen LogP contribution in [0.5, 0.6) is 0 Å². The van der Waals surface area contributed by atoms with Gasteiger partial charge in [-0.3, -0.25) is 14.1 Å². The summed E-state index contributed by atoms with van der Waals surface area (Å²) in [6, 6.07) is 16.3. The smallest absolute Gasteiger partial charge is 0.297 e. The first-order valence-corrected chi connectivity index (χ1v) is 13.1. The van der Waals surface area contributed by atoms with Crippen molar-refractivity contribution in [2.24, 2.45) is 11.8 Å². The number of hydrogen-bond acceptors (Lipinski definition) is 5. The third-order valence-electron chi connectivity index (χ3n) is 6.83. The molecule has 166 valence electrons. The van der Waals surface area contributed by atoms with Crippen LogP contribution in [-0.2, 0) is 14.3 Å². The molecule has 0 N–H and O–H groups in total. The maximum Gasteiger partial charge on any atom is 0.297 e. The molecule has 32 heavy (non-hydrogen) atoms. The van der Waals surface area contributed by atoms with E-state index in [0.29, 0.717) is 11.8 Å². The third-order valence-corrected chi connectivity index (χ3v) is 8.66. The van der Waals surface area contributed by atoms with Crippen LogP contribution in [0.3, 0.4) is 0 Å². The number of para-hydroxylation sites is 1. The van der Waals surface area contributed by atoms with Crippen LogP contribution in [0.1, 0.15) is 24.5 Å². The van der Waals surface area contributed by atoms with Crippen molar-refractivity contribution in [2.45, 2.75) is 29.9 Å². The normalized spacial score (nSPS) is 26.2. The molecule has 0 aliphatic carbocycles. The van der Waals surface area contributed by atoms with Crippen molar-refractivity contribution in [2.75, 3.05) is 13.1 Å². The number of halogens is 1. The van der Waals surface area contributed by atoms with Gasteiger partial charge in [0.2, 0.25) is 0 Å². The van der Waals surface area contributed by atoms with Gasteiger partial charge in [0.25, 0.3) is 10.1 Å². The van der Waals surface area contributed by atoms with Gasteiger partial charge in [0.15, 0.2) is 0 Å². The zero-order valence-corrected chi connectivity index (χ0v) is 20.0. The Bertz CT molecular complexity index is 1240. The summed E-state index contributed by atoms with van der Waals surface area (Å²) in [6.07, 6.45) is 5.15. The lowest BCUT2D eigenvalue weighted by Crippen LogP contribution is -2.55. The molecule has 1 aromatic heterocycles. The van der Waals surface area contributed by atoms with Gasteiger partial charge in [-0.25, -0.2) is 0 Å². The van der Waals surface area contributed by atoms with E-state index in [1.165, 1.54) is 0 Å². The second-order valence-electron chi connectivity index (χ2n) is 8.59. The Labute approximate surface area is 197 Å². The van der Waals surface area contributed by atoms with E-state index in [4.69, 9.17) is 4.18 Å². The number of nitrogens with zero attached hydrogens (tertiary/aromatic N) is 2. The molecule has 0 saturated carbocycles. The fraction of sp³-hybridized carbons (Fsp3) is 0.320. The number of aromatic nitrogens is 1. The summed E-state index contributed by atoms with van der Waals surface area (Å²) in [5.41, 5.74) is 1.70. The van der Waals surface area contributed by atoms with E-state index in [0.717, 1.165) is 46.9 Å². The Balaban J connectivity index is 1.58. The van der Waals surface area contributed by atoms with E-state index in [2.05, 4.69) is 32.4 Å². The van der Waals surface area contributed by atoms with E-state index < -0.39 is 16.2 Å². The van der Waals surface area contributed by atoms with Crippen molar-refractivity contribution in [3.05, 3.63) is 83.5 Å². The maximum atomic E-state index is 13.3. The summed E-state index contributed by atoms with van der Waals surface area (Å²) < 4.78 is 33.6. The second kappa shape index (κ2) is 8.71. The third kappa shape index (κ3) is 4.03. The number of hydrogen-bond donors (Lipinski definition) is 0. The monoisotopic (exact) mass is 512 g/mol. The minimum absolute atomic E-state index is 0.0269. The minimum Gasteiger partial charge on any atom is -0.297 e. The summed E-state index contributed by atoms with van der Waals surface area (Å²) in [5, 5.41) is 0.925. The van der Waals surface area contributed by atoms with Crippen molar-refractivity contribution in [1.29, 1.82) is 0 Å². The quantitative estimate of drug-likeness (QED) is 0.329. The Kier molecular flexibility index (Phi) is 5.92. The highest BCUT2D eigenvalue weighted by Gasteiger charge is 2.44. The minimum atomic E-state index is -3.97. The Morgan fingerprint density at radius 2 is 1.94 bits per heavy atom. The molecule has 2 bridgehead atoms. The molecule has 3 aromatic rings. The van der Waals surface area contributed by atoms with Crippen molar-refractivity contribution < 1.29 is 12.6 Å². The van der Waals surface area contributed by atoms with E-state index >= 15 is 0 Å². The molecule has 0 amide bonds. The number of rotatable bonds is 6. The predicted molar refractivity (Wildman–Crippen MR) is 129 cm³/mol. The molecule has 4 heterocycles.